The normalized spacial score (nSPS) is 11.8. The molecular formula is C12H23BrN4. The molecule has 98 valence electrons. The lowest BCUT2D eigenvalue weighted by molar-refractivity contribution is 0.311. The van der Waals surface area contributed by atoms with Crippen LogP contribution in [-0.2, 0) is 13.6 Å². The molecule has 1 aromatic rings. The van der Waals surface area contributed by atoms with Gasteiger partial charge in [0.25, 0.3) is 0 Å². The molecule has 4 nitrogen and oxygen atoms in total. The fourth-order valence-electron chi connectivity index (χ4n) is 1.73. The van der Waals surface area contributed by atoms with E-state index < -0.39 is 0 Å². The van der Waals surface area contributed by atoms with Crippen molar-refractivity contribution in [3.8, 4) is 0 Å². The summed E-state index contributed by atoms with van der Waals surface area (Å²) in [5, 5.41) is 7.82. The van der Waals surface area contributed by atoms with E-state index in [1.54, 1.807) is 0 Å². The molecule has 0 bridgehead atoms. The molecule has 17 heavy (non-hydrogen) atoms. The highest BCUT2D eigenvalue weighted by Crippen LogP contribution is 2.21. The van der Waals surface area contributed by atoms with E-state index in [2.05, 4.69) is 52.1 Å². The largest absolute Gasteiger partial charge is 0.313 e. The Morgan fingerprint density at radius 2 is 2.12 bits per heavy atom. The highest BCUT2D eigenvalue weighted by atomic mass is 79.9. The van der Waals surface area contributed by atoms with Gasteiger partial charge >= 0.3 is 0 Å². The fourth-order valence-corrected chi connectivity index (χ4v) is 2.19. The molecule has 0 aliphatic rings. The predicted molar refractivity (Wildman–Crippen MR) is 75.1 cm³/mol. The summed E-state index contributed by atoms with van der Waals surface area (Å²) >= 11 is 3.60. The standard InChI is InChI=1S/C12H23BrN4/c1-9(2)14-6-7-16(4)8-11-12(13)10(3)15-17(11)5/h9,14H,6-8H2,1-5H3. The molecule has 0 unspecified atom stereocenters. The summed E-state index contributed by atoms with van der Waals surface area (Å²) in [4.78, 5) is 2.30. The third-order valence-corrected chi connectivity index (χ3v) is 3.76. The first-order valence-electron chi connectivity index (χ1n) is 6.01. The van der Waals surface area contributed by atoms with Crippen molar-refractivity contribution in [2.75, 3.05) is 20.1 Å². The third kappa shape index (κ3) is 4.41. The lowest BCUT2D eigenvalue weighted by Gasteiger charge is -2.18. The van der Waals surface area contributed by atoms with Gasteiger partial charge in [-0.25, -0.2) is 0 Å². The van der Waals surface area contributed by atoms with Gasteiger partial charge in [-0.15, -0.1) is 0 Å². The summed E-state index contributed by atoms with van der Waals surface area (Å²) in [7, 11) is 4.13. The molecule has 0 amide bonds. The van der Waals surface area contributed by atoms with Crippen LogP contribution < -0.4 is 5.32 Å². The van der Waals surface area contributed by atoms with E-state index >= 15 is 0 Å². The summed E-state index contributed by atoms with van der Waals surface area (Å²) in [6.45, 7) is 9.32. The Bertz CT molecular complexity index is 360. The van der Waals surface area contributed by atoms with Gasteiger partial charge in [0.2, 0.25) is 0 Å². The molecule has 0 atom stereocenters. The Hall–Kier alpha value is -0.390. The van der Waals surface area contributed by atoms with Gasteiger partial charge < -0.3 is 5.32 Å². The maximum absolute atomic E-state index is 4.40. The fraction of sp³-hybridized carbons (Fsp3) is 0.750. The van der Waals surface area contributed by atoms with E-state index in [1.165, 1.54) is 5.69 Å². The van der Waals surface area contributed by atoms with Gasteiger partial charge in [-0.05, 0) is 29.9 Å². The topological polar surface area (TPSA) is 33.1 Å². The Balaban J connectivity index is 2.47. The Morgan fingerprint density at radius 3 is 2.59 bits per heavy atom. The van der Waals surface area contributed by atoms with Gasteiger partial charge in [0.1, 0.15) is 0 Å². The number of aromatic nitrogens is 2. The lowest BCUT2D eigenvalue weighted by atomic mass is 10.3. The van der Waals surface area contributed by atoms with Crippen molar-refractivity contribution in [1.82, 2.24) is 20.0 Å². The number of hydrogen-bond donors (Lipinski definition) is 1. The van der Waals surface area contributed by atoms with Gasteiger partial charge in [0.15, 0.2) is 0 Å². The van der Waals surface area contributed by atoms with E-state index in [0.717, 1.165) is 29.8 Å². The van der Waals surface area contributed by atoms with Crippen molar-refractivity contribution in [3.63, 3.8) is 0 Å². The number of nitrogens with zero attached hydrogens (tertiary/aromatic N) is 3. The lowest BCUT2D eigenvalue weighted by Crippen LogP contribution is -2.33. The van der Waals surface area contributed by atoms with Crippen LogP contribution in [0.2, 0.25) is 0 Å². The molecule has 0 spiro atoms. The average Bonchev–Trinajstić information content (AvgIpc) is 2.44. The number of hydrogen-bond acceptors (Lipinski definition) is 3. The molecule has 1 aromatic heterocycles. The molecular weight excluding hydrogens is 280 g/mol. The molecule has 0 aromatic carbocycles. The van der Waals surface area contributed by atoms with Crippen LogP contribution in [0.3, 0.4) is 0 Å². The van der Waals surface area contributed by atoms with Gasteiger partial charge in [-0.1, -0.05) is 13.8 Å². The number of likely N-dealkylation sites (N-methyl/N-ethyl adjacent to an activating group) is 1. The number of nitrogens with one attached hydrogen (secondary N) is 1. The van der Waals surface area contributed by atoms with Crippen molar-refractivity contribution in [1.29, 1.82) is 0 Å². The summed E-state index contributed by atoms with van der Waals surface area (Å²) in [6, 6.07) is 0.550. The molecule has 0 saturated heterocycles. The van der Waals surface area contributed by atoms with E-state index in [-0.39, 0.29) is 0 Å². The Labute approximate surface area is 113 Å². The van der Waals surface area contributed by atoms with Crippen LogP contribution in [-0.4, -0.2) is 40.9 Å². The second kappa shape index (κ2) is 6.52. The van der Waals surface area contributed by atoms with Gasteiger partial charge in [-0.2, -0.15) is 5.10 Å². The first-order valence-corrected chi connectivity index (χ1v) is 6.81. The first kappa shape index (κ1) is 14.7. The smallest absolute Gasteiger partial charge is 0.0739 e. The second-order valence-electron chi connectivity index (χ2n) is 4.82. The summed E-state index contributed by atoms with van der Waals surface area (Å²) < 4.78 is 3.08. The quantitative estimate of drug-likeness (QED) is 0.871. The highest BCUT2D eigenvalue weighted by Gasteiger charge is 2.12. The van der Waals surface area contributed by atoms with E-state index in [9.17, 15) is 0 Å². The molecule has 0 radical (unpaired) electrons. The van der Waals surface area contributed by atoms with Crippen LogP contribution >= 0.6 is 15.9 Å². The van der Waals surface area contributed by atoms with E-state index in [4.69, 9.17) is 0 Å². The first-order chi connectivity index (χ1) is 7.91. The van der Waals surface area contributed by atoms with Crippen LogP contribution in [0.4, 0.5) is 0 Å². The summed E-state index contributed by atoms with van der Waals surface area (Å²) in [5.41, 5.74) is 2.28. The molecule has 0 aliphatic carbocycles. The predicted octanol–water partition coefficient (Wildman–Crippen LogP) is 1.92. The molecule has 0 fully saturated rings. The van der Waals surface area contributed by atoms with Crippen molar-refractivity contribution in [2.45, 2.75) is 33.4 Å². The van der Waals surface area contributed by atoms with Crippen LogP contribution in [0.5, 0.6) is 0 Å². The maximum Gasteiger partial charge on any atom is 0.0739 e. The van der Waals surface area contributed by atoms with Gasteiger partial charge in [0.05, 0.1) is 15.9 Å². The average molecular weight is 303 g/mol. The Morgan fingerprint density at radius 1 is 1.47 bits per heavy atom. The zero-order chi connectivity index (χ0) is 13.0. The van der Waals surface area contributed by atoms with Crippen molar-refractivity contribution in [3.05, 3.63) is 15.9 Å². The van der Waals surface area contributed by atoms with Gasteiger partial charge in [-0.3, -0.25) is 9.58 Å². The highest BCUT2D eigenvalue weighted by molar-refractivity contribution is 9.10. The Kier molecular flexibility index (Phi) is 5.62. The SMILES string of the molecule is Cc1nn(C)c(CN(C)CCNC(C)C)c1Br. The van der Waals surface area contributed by atoms with Crippen molar-refractivity contribution >= 4 is 15.9 Å². The molecule has 5 heteroatoms. The summed E-state index contributed by atoms with van der Waals surface area (Å²) in [6.07, 6.45) is 0. The maximum atomic E-state index is 4.40. The third-order valence-electron chi connectivity index (χ3n) is 2.73. The van der Waals surface area contributed by atoms with Crippen LogP contribution in [0, 0.1) is 6.92 Å². The number of aryl methyl sites for hydroxylation is 2. The van der Waals surface area contributed by atoms with Crippen molar-refractivity contribution < 1.29 is 0 Å². The van der Waals surface area contributed by atoms with Gasteiger partial charge in [0, 0.05) is 32.7 Å². The number of halogens is 1. The van der Waals surface area contributed by atoms with Crippen LogP contribution in [0.15, 0.2) is 4.47 Å². The number of rotatable bonds is 6. The van der Waals surface area contributed by atoms with E-state index in [0.29, 0.717) is 6.04 Å². The van der Waals surface area contributed by atoms with Crippen LogP contribution in [0.1, 0.15) is 25.2 Å². The monoisotopic (exact) mass is 302 g/mol. The minimum Gasteiger partial charge on any atom is -0.313 e. The molecule has 0 saturated carbocycles. The van der Waals surface area contributed by atoms with Crippen molar-refractivity contribution in [2.24, 2.45) is 7.05 Å². The van der Waals surface area contributed by atoms with E-state index in [1.807, 2.05) is 18.7 Å². The molecule has 0 aliphatic heterocycles. The minimum absolute atomic E-state index is 0.550. The minimum atomic E-state index is 0.550. The molecule has 1 rings (SSSR count). The van der Waals surface area contributed by atoms with Crippen LogP contribution in [0.25, 0.3) is 0 Å². The zero-order valence-electron chi connectivity index (χ0n) is 11.4. The zero-order valence-corrected chi connectivity index (χ0v) is 13.0. The molecule has 1 heterocycles. The second-order valence-corrected chi connectivity index (χ2v) is 5.61. The summed E-state index contributed by atoms with van der Waals surface area (Å²) in [5.74, 6) is 0. The molecule has 1 N–H and O–H groups in total.